The Bertz CT molecular complexity index is 278. The highest BCUT2D eigenvalue weighted by molar-refractivity contribution is 5.73. The van der Waals surface area contributed by atoms with Crippen molar-refractivity contribution >= 4 is 5.97 Å². The second kappa shape index (κ2) is 4.94. The second-order valence-electron chi connectivity index (χ2n) is 6.02. The van der Waals surface area contributed by atoms with Crippen LogP contribution < -0.4 is 0 Å². The van der Waals surface area contributed by atoms with Crippen molar-refractivity contribution in [2.24, 2.45) is 5.92 Å². The molecular weight excluding hydrogens is 220 g/mol. The molecule has 1 saturated heterocycles. The van der Waals surface area contributed by atoms with Crippen molar-refractivity contribution in [1.82, 2.24) is 0 Å². The fourth-order valence-corrected chi connectivity index (χ4v) is 1.78. The van der Waals surface area contributed by atoms with Crippen molar-refractivity contribution in [3.05, 3.63) is 0 Å². The van der Waals surface area contributed by atoms with Gasteiger partial charge in [-0.1, -0.05) is 0 Å². The maximum absolute atomic E-state index is 11.9. The maximum atomic E-state index is 11.9. The highest BCUT2D eigenvalue weighted by Gasteiger charge is 2.36. The van der Waals surface area contributed by atoms with Crippen molar-refractivity contribution in [3.63, 3.8) is 0 Å². The fraction of sp³-hybridized carbons (Fsp3) is 0.923. The summed E-state index contributed by atoms with van der Waals surface area (Å²) in [7, 11) is 0. The topological polar surface area (TPSA) is 44.8 Å². The lowest BCUT2D eigenvalue weighted by atomic mass is 10.0. The largest absolute Gasteiger partial charge is 0.460 e. The van der Waals surface area contributed by atoms with Crippen LogP contribution in [0.2, 0.25) is 0 Å². The minimum atomic E-state index is -0.612. The highest BCUT2D eigenvalue weighted by Crippen LogP contribution is 2.27. The van der Waals surface area contributed by atoms with Gasteiger partial charge in [-0.2, -0.15) is 0 Å². The summed E-state index contributed by atoms with van der Waals surface area (Å²) in [4.78, 5) is 11.9. The lowest BCUT2D eigenvalue weighted by Crippen LogP contribution is -2.45. The number of carbonyl (C=O) groups is 1. The lowest BCUT2D eigenvalue weighted by molar-refractivity contribution is -0.281. The van der Waals surface area contributed by atoms with Crippen LogP contribution in [0.3, 0.4) is 0 Å². The molecule has 1 fully saturated rings. The highest BCUT2D eigenvalue weighted by atomic mass is 16.7. The normalized spacial score (nSPS) is 26.4. The summed E-state index contributed by atoms with van der Waals surface area (Å²) in [6, 6.07) is 0. The number of carbonyl (C=O) groups excluding carboxylic acids is 1. The second-order valence-corrected chi connectivity index (χ2v) is 6.02. The Balaban J connectivity index is 2.57. The monoisotopic (exact) mass is 244 g/mol. The Kier molecular flexibility index (Phi) is 4.20. The summed E-state index contributed by atoms with van der Waals surface area (Å²) in [5.74, 6) is -1.09. The van der Waals surface area contributed by atoms with Crippen LogP contribution in [0.15, 0.2) is 0 Å². The minimum Gasteiger partial charge on any atom is -0.460 e. The Morgan fingerprint density at radius 3 is 2.47 bits per heavy atom. The molecule has 0 N–H and O–H groups in total. The van der Waals surface area contributed by atoms with Crippen LogP contribution in [0.4, 0.5) is 0 Å². The van der Waals surface area contributed by atoms with Gasteiger partial charge in [0.1, 0.15) is 5.60 Å². The predicted molar refractivity (Wildman–Crippen MR) is 64.5 cm³/mol. The van der Waals surface area contributed by atoms with Crippen LogP contribution in [0.1, 0.15) is 48.0 Å². The molecule has 0 amide bonds. The van der Waals surface area contributed by atoms with Gasteiger partial charge in [0, 0.05) is 0 Å². The van der Waals surface area contributed by atoms with E-state index in [-0.39, 0.29) is 18.0 Å². The van der Waals surface area contributed by atoms with Gasteiger partial charge in [0.15, 0.2) is 5.79 Å². The van der Waals surface area contributed by atoms with E-state index in [1.807, 2.05) is 41.5 Å². The van der Waals surface area contributed by atoms with Crippen molar-refractivity contribution in [3.8, 4) is 0 Å². The summed E-state index contributed by atoms with van der Waals surface area (Å²) in [6.45, 7) is 11.8. The number of hydrogen-bond donors (Lipinski definition) is 0. The van der Waals surface area contributed by atoms with E-state index < -0.39 is 11.4 Å². The van der Waals surface area contributed by atoms with Gasteiger partial charge in [-0.25, -0.2) is 0 Å². The van der Waals surface area contributed by atoms with Crippen molar-refractivity contribution in [2.75, 3.05) is 6.61 Å². The third kappa shape index (κ3) is 4.64. The van der Waals surface area contributed by atoms with Gasteiger partial charge in [-0.15, -0.1) is 0 Å². The van der Waals surface area contributed by atoms with Crippen LogP contribution >= 0.6 is 0 Å². The summed E-state index contributed by atoms with van der Waals surface area (Å²) >= 11 is 0. The van der Waals surface area contributed by atoms with Gasteiger partial charge in [0.05, 0.1) is 18.6 Å². The SMILES string of the molecule is C[C@@H](C(=O)OC(C)(C)C)[C@@H]1CCOC(C)(C)O1. The van der Waals surface area contributed by atoms with Gasteiger partial charge in [0.25, 0.3) is 0 Å². The van der Waals surface area contributed by atoms with Crippen molar-refractivity contribution < 1.29 is 19.0 Å². The maximum Gasteiger partial charge on any atom is 0.311 e. The molecule has 0 aromatic heterocycles. The lowest BCUT2D eigenvalue weighted by Gasteiger charge is -2.38. The van der Waals surface area contributed by atoms with E-state index in [0.29, 0.717) is 6.61 Å². The van der Waals surface area contributed by atoms with E-state index in [4.69, 9.17) is 14.2 Å². The molecule has 17 heavy (non-hydrogen) atoms. The smallest absolute Gasteiger partial charge is 0.311 e. The summed E-state index contributed by atoms with van der Waals surface area (Å²) < 4.78 is 16.6. The molecule has 0 unspecified atom stereocenters. The molecule has 2 atom stereocenters. The zero-order valence-corrected chi connectivity index (χ0v) is 11.7. The molecule has 0 spiro atoms. The molecule has 1 heterocycles. The first-order valence-corrected chi connectivity index (χ1v) is 6.15. The van der Waals surface area contributed by atoms with Gasteiger partial charge in [-0.3, -0.25) is 4.79 Å². The molecule has 1 aliphatic rings. The van der Waals surface area contributed by atoms with E-state index in [1.54, 1.807) is 0 Å². The molecule has 0 radical (unpaired) electrons. The Morgan fingerprint density at radius 1 is 1.41 bits per heavy atom. The number of rotatable bonds is 2. The Hall–Kier alpha value is -0.610. The summed E-state index contributed by atoms with van der Waals surface area (Å²) in [5.41, 5.74) is -0.452. The zero-order chi connectivity index (χ0) is 13.3. The molecule has 100 valence electrons. The summed E-state index contributed by atoms with van der Waals surface area (Å²) in [6.07, 6.45) is 0.595. The van der Waals surface area contributed by atoms with Crippen LogP contribution in [-0.4, -0.2) is 30.1 Å². The first-order chi connectivity index (χ1) is 7.61. The third-order valence-corrected chi connectivity index (χ3v) is 2.62. The van der Waals surface area contributed by atoms with E-state index in [1.165, 1.54) is 0 Å². The quantitative estimate of drug-likeness (QED) is 0.700. The fourth-order valence-electron chi connectivity index (χ4n) is 1.78. The van der Waals surface area contributed by atoms with Gasteiger partial charge < -0.3 is 14.2 Å². The molecule has 0 bridgehead atoms. The van der Waals surface area contributed by atoms with E-state index in [0.717, 1.165) is 6.42 Å². The summed E-state index contributed by atoms with van der Waals surface area (Å²) in [5, 5.41) is 0. The Labute approximate surface area is 104 Å². The minimum absolute atomic E-state index is 0.131. The van der Waals surface area contributed by atoms with Gasteiger partial charge in [-0.05, 0) is 48.0 Å². The Morgan fingerprint density at radius 2 is 2.00 bits per heavy atom. The molecule has 0 saturated carbocycles. The molecular formula is C13H24O4. The van der Waals surface area contributed by atoms with Crippen LogP contribution in [-0.2, 0) is 19.0 Å². The molecule has 1 aliphatic heterocycles. The third-order valence-electron chi connectivity index (χ3n) is 2.62. The number of esters is 1. The molecule has 4 heteroatoms. The molecule has 0 aliphatic carbocycles. The predicted octanol–water partition coefficient (Wildman–Crippen LogP) is 2.51. The molecule has 4 nitrogen and oxygen atoms in total. The average molecular weight is 244 g/mol. The van der Waals surface area contributed by atoms with Crippen molar-refractivity contribution in [1.29, 1.82) is 0 Å². The van der Waals surface area contributed by atoms with Crippen LogP contribution in [0, 0.1) is 5.92 Å². The zero-order valence-electron chi connectivity index (χ0n) is 11.7. The molecule has 0 aromatic carbocycles. The molecule has 1 rings (SSSR count). The van der Waals surface area contributed by atoms with Crippen molar-refractivity contribution in [2.45, 2.75) is 65.5 Å². The van der Waals surface area contributed by atoms with E-state index in [9.17, 15) is 4.79 Å². The number of ether oxygens (including phenoxy) is 3. The first-order valence-electron chi connectivity index (χ1n) is 6.15. The standard InChI is InChI=1S/C13H24O4/c1-9(11(14)17-12(2,3)4)10-7-8-15-13(5,6)16-10/h9-10H,7-8H2,1-6H3/t9-,10+/m1/s1. The van der Waals surface area contributed by atoms with Crippen LogP contribution in [0.5, 0.6) is 0 Å². The van der Waals surface area contributed by atoms with E-state index >= 15 is 0 Å². The first kappa shape index (κ1) is 14.5. The average Bonchev–Trinajstić information content (AvgIpc) is 2.12. The van der Waals surface area contributed by atoms with E-state index in [2.05, 4.69) is 0 Å². The van der Waals surface area contributed by atoms with Gasteiger partial charge >= 0.3 is 5.97 Å². The van der Waals surface area contributed by atoms with Crippen LogP contribution in [0.25, 0.3) is 0 Å². The number of hydrogen-bond acceptors (Lipinski definition) is 4. The molecule has 0 aromatic rings. The van der Waals surface area contributed by atoms with Gasteiger partial charge in [0.2, 0.25) is 0 Å².